The summed E-state index contributed by atoms with van der Waals surface area (Å²) in [5, 5.41) is 7.65. The van der Waals surface area contributed by atoms with Gasteiger partial charge >= 0.3 is 0 Å². The van der Waals surface area contributed by atoms with Gasteiger partial charge in [-0.1, -0.05) is 54.1 Å². The van der Waals surface area contributed by atoms with E-state index in [1.807, 2.05) is 48.5 Å². The molecule has 1 aliphatic rings. The third kappa shape index (κ3) is 3.22. The van der Waals surface area contributed by atoms with Gasteiger partial charge in [0, 0.05) is 22.1 Å². The van der Waals surface area contributed by atoms with Crippen LogP contribution in [0.4, 0.5) is 0 Å². The number of benzene rings is 4. The smallest absolute Gasteiger partial charge is 0.228 e. The van der Waals surface area contributed by atoms with Crippen LogP contribution in [0, 0.1) is 0 Å². The zero-order chi connectivity index (χ0) is 24.2. The second kappa shape index (κ2) is 8.07. The number of methoxy groups -OCH3 is 1. The lowest BCUT2D eigenvalue weighted by molar-refractivity contribution is 0.414. The van der Waals surface area contributed by atoms with Crippen LogP contribution in [-0.4, -0.2) is 26.7 Å². The van der Waals surface area contributed by atoms with Crippen molar-refractivity contribution < 1.29 is 9.47 Å². The van der Waals surface area contributed by atoms with Crippen LogP contribution in [0.25, 0.3) is 27.8 Å². The lowest BCUT2D eigenvalue weighted by Gasteiger charge is -2.29. The molecule has 0 saturated carbocycles. The van der Waals surface area contributed by atoms with Crippen LogP contribution in [0.3, 0.4) is 0 Å². The highest BCUT2D eigenvalue weighted by molar-refractivity contribution is 6.30. The van der Waals surface area contributed by atoms with Crippen molar-refractivity contribution in [2.24, 2.45) is 0 Å². The largest absolute Gasteiger partial charge is 0.497 e. The lowest BCUT2D eigenvalue weighted by Crippen LogP contribution is -2.15. The summed E-state index contributed by atoms with van der Waals surface area (Å²) in [7, 11) is 1.67. The van der Waals surface area contributed by atoms with Crippen LogP contribution >= 0.6 is 11.6 Å². The molecular weight excluding hydrogens is 472 g/mol. The first kappa shape index (κ1) is 20.9. The van der Waals surface area contributed by atoms with Gasteiger partial charge in [-0.2, -0.15) is 0 Å². The van der Waals surface area contributed by atoms with Gasteiger partial charge in [-0.15, -0.1) is 5.10 Å². The summed E-state index contributed by atoms with van der Waals surface area (Å²) < 4.78 is 13.5. The normalized spacial score (nSPS) is 14.3. The molecule has 6 aromatic rings. The van der Waals surface area contributed by atoms with E-state index < -0.39 is 0 Å². The third-order valence-electron chi connectivity index (χ3n) is 6.65. The van der Waals surface area contributed by atoms with Crippen LogP contribution < -0.4 is 9.47 Å². The van der Waals surface area contributed by atoms with Crippen molar-refractivity contribution in [2.45, 2.75) is 5.92 Å². The Kier molecular flexibility index (Phi) is 4.69. The van der Waals surface area contributed by atoms with Crippen molar-refractivity contribution in [1.82, 2.24) is 19.6 Å². The van der Waals surface area contributed by atoms with Gasteiger partial charge in [0.1, 0.15) is 17.8 Å². The van der Waals surface area contributed by atoms with E-state index in [2.05, 4.69) is 41.4 Å². The molecule has 1 aliphatic heterocycles. The van der Waals surface area contributed by atoms with Crippen LogP contribution in [0.15, 0.2) is 91.3 Å². The van der Waals surface area contributed by atoms with Crippen molar-refractivity contribution in [2.75, 3.05) is 7.11 Å². The molecule has 4 aromatic carbocycles. The molecule has 3 heterocycles. The van der Waals surface area contributed by atoms with Crippen molar-refractivity contribution in [3.05, 3.63) is 113 Å². The van der Waals surface area contributed by atoms with Crippen molar-refractivity contribution in [3.63, 3.8) is 0 Å². The van der Waals surface area contributed by atoms with Crippen LogP contribution in [0.5, 0.6) is 17.4 Å². The summed E-state index contributed by atoms with van der Waals surface area (Å²) in [6.07, 6.45) is 1.65. The highest BCUT2D eigenvalue weighted by atomic mass is 35.5. The molecule has 0 bridgehead atoms. The van der Waals surface area contributed by atoms with Gasteiger partial charge in [0.05, 0.1) is 12.7 Å². The Morgan fingerprint density at radius 1 is 0.889 bits per heavy atom. The minimum atomic E-state index is -0.167. The van der Waals surface area contributed by atoms with Crippen molar-refractivity contribution in [3.8, 4) is 28.8 Å². The molecule has 7 rings (SSSR count). The standard InChI is InChI=1S/C29H19ClN4O2/c1-35-21-13-8-18(9-14-21)24-25-22-5-3-2-4-17(22)10-15-23(25)36-29-26(24)28-32-27(33-34(28)16-31-29)19-6-11-20(30)12-7-19/h2-16,24H,1H3/t24-/m0/s1. The quantitative estimate of drug-likeness (QED) is 0.270. The predicted molar refractivity (Wildman–Crippen MR) is 139 cm³/mol. The van der Waals surface area contributed by atoms with E-state index in [-0.39, 0.29) is 5.92 Å². The molecule has 0 unspecified atom stereocenters. The van der Waals surface area contributed by atoms with Crippen molar-refractivity contribution >= 4 is 28.0 Å². The van der Waals surface area contributed by atoms with E-state index in [0.29, 0.717) is 22.4 Å². The first-order valence-electron chi connectivity index (χ1n) is 11.5. The van der Waals surface area contributed by atoms with Gasteiger partial charge in [0.2, 0.25) is 5.88 Å². The summed E-state index contributed by atoms with van der Waals surface area (Å²) >= 11 is 6.10. The van der Waals surface area contributed by atoms with E-state index in [0.717, 1.165) is 44.5 Å². The number of aromatic nitrogens is 4. The van der Waals surface area contributed by atoms with Crippen molar-refractivity contribution in [1.29, 1.82) is 0 Å². The number of rotatable bonds is 3. The fraction of sp³-hybridized carbons (Fsp3) is 0.0690. The Labute approximate surface area is 211 Å². The Morgan fingerprint density at radius 2 is 1.69 bits per heavy atom. The van der Waals surface area contributed by atoms with E-state index in [9.17, 15) is 0 Å². The zero-order valence-corrected chi connectivity index (χ0v) is 20.0. The molecule has 0 spiro atoms. The number of fused-ring (bicyclic) bond motifs is 6. The summed E-state index contributed by atoms with van der Waals surface area (Å²) in [5.41, 5.74) is 4.62. The Balaban J connectivity index is 1.51. The summed E-state index contributed by atoms with van der Waals surface area (Å²) in [6, 6.07) is 28.1. The number of nitrogens with zero attached hydrogens (tertiary/aromatic N) is 4. The molecule has 0 amide bonds. The van der Waals surface area contributed by atoms with Crippen LogP contribution in [-0.2, 0) is 0 Å². The average Bonchev–Trinajstić information content (AvgIpc) is 3.37. The second-order valence-electron chi connectivity index (χ2n) is 8.68. The molecule has 0 radical (unpaired) electrons. The molecule has 0 saturated heterocycles. The Hall–Kier alpha value is -4.42. The minimum Gasteiger partial charge on any atom is -0.497 e. The fourth-order valence-electron chi connectivity index (χ4n) is 4.96. The lowest BCUT2D eigenvalue weighted by atomic mass is 9.81. The van der Waals surface area contributed by atoms with Gasteiger partial charge in [-0.3, -0.25) is 0 Å². The van der Waals surface area contributed by atoms with Crippen LogP contribution in [0.1, 0.15) is 22.6 Å². The van der Waals surface area contributed by atoms with E-state index >= 15 is 0 Å². The maximum Gasteiger partial charge on any atom is 0.228 e. The Bertz CT molecular complexity index is 1760. The molecule has 7 heteroatoms. The predicted octanol–water partition coefficient (Wildman–Crippen LogP) is 6.89. The topological polar surface area (TPSA) is 61.5 Å². The first-order chi connectivity index (χ1) is 17.7. The maximum absolute atomic E-state index is 6.39. The molecule has 36 heavy (non-hydrogen) atoms. The molecular formula is C29H19ClN4O2. The molecule has 0 aliphatic carbocycles. The van der Waals surface area contributed by atoms with Gasteiger partial charge < -0.3 is 9.47 Å². The first-order valence-corrected chi connectivity index (χ1v) is 11.9. The summed E-state index contributed by atoms with van der Waals surface area (Å²) in [5.74, 6) is 2.55. The van der Waals surface area contributed by atoms with Gasteiger partial charge in [-0.25, -0.2) is 14.5 Å². The summed E-state index contributed by atoms with van der Waals surface area (Å²) in [6.45, 7) is 0. The van der Waals surface area contributed by atoms with Gasteiger partial charge in [0.15, 0.2) is 11.5 Å². The third-order valence-corrected chi connectivity index (χ3v) is 6.91. The highest BCUT2D eigenvalue weighted by Crippen LogP contribution is 2.50. The molecule has 174 valence electrons. The summed E-state index contributed by atoms with van der Waals surface area (Å²) in [4.78, 5) is 9.60. The fourth-order valence-corrected chi connectivity index (χ4v) is 5.08. The number of hydrogen-bond acceptors (Lipinski definition) is 5. The van der Waals surface area contributed by atoms with Gasteiger partial charge in [0.25, 0.3) is 0 Å². The van der Waals surface area contributed by atoms with E-state index in [1.54, 1.807) is 18.0 Å². The molecule has 6 nitrogen and oxygen atoms in total. The molecule has 1 atom stereocenters. The highest BCUT2D eigenvalue weighted by Gasteiger charge is 2.34. The molecule has 0 fully saturated rings. The SMILES string of the molecule is COc1ccc([C@H]2c3c(ccc4ccccc34)Oc3ncn4nc(-c5ccc(Cl)cc5)nc4c32)cc1. The van der Waals surface area contributed by atoms with E-state index in [1.165, 1.54) is 0 Å². The average molecular weight is 491 g/mol. The number of halogens is 1. The maximum atomic E-state index is 6.39. The minimum absolute atomic E-state index is 0.167. The van der Waals surface area contributed by atoms with E-state index in [4.69, 9.17) is 31.2 Å². The Morgan fingerprint density at radius 3 is 2.50 bits per heavy atom. The molecule has 2 aromatic heterocycles. The number of hydrogen-bond donors (Lipinski definition) is 0. The van der Waals surface area contributed by atoms with Crippen LogP contribution in [0.2, 0.25) is 5.02 Å². The number of ether oxygens (including phenoxy) is 2. The zero-order valence-electron chi connectivity index (χ0n) is 19.2. The molecule has 0 N–H and O–H groups in total. The second-order valence-corrected chi connectivity index (χ2v) is 9.12. The van der Waals surface area contributed by atoms with Gasteiger partial charge in [-0.05, 0) is 58.8 Å². The monoisotopic (exact) mass is 490 g/mol.